The molecule has 1 fully saturated rings. The molecule has 0 saturated carbocycles. The molecule has 3 N–H and O–H groups in total. The Morgan fingerprint density at radius 1 is 1.67 bits per heavy atom. The second-order valence-corrected chi connectivity index (χ2v) is 3.46. The number of carbonyl (C=O) groups is 2. The first kappa shape index (κ1) is 11.5. The molecule has 84 valence electrons. The van der Waals surface area contributed by atoms with Gasteiger partial charge in [0.1, 0.15) is 6.04 Å². The minimum atomic E-state index is -0.553. The van der Waals surface area contributed by atoms with Crippen molar-refractivity contribution in [3.63, 3.8) is 0 Å². The van der Waals surface area contributed by atoms with E-state index in [4.69, 9.17) is 5.73 Å². The second-order valence-electron chi connectivity index (χ2n) is 3.46. The summed E-state index contributed by atoms with van der Waals surface area (Å²) in [5.41, 5.74) is 5.55. The number of carbonyl (C=O) groups excluding carboxylic acids is 2. The van der Waals surface area contributed by atoms with Gasteiger partial charge in [-0.3, -0.25) is 19.5 Å². The van der Waals surface area contributed by atoms with Crippen LogP contribution in [-0.4, -0.2) is 42.3 Å². The lowest BCUT2D eigenvalue weighted by molar-refractivity contribution is -0.137. The Bertz CT molecular complexity index is 300. The first-order valence-corrected chi connectivity index (χ1v) is 4.93. The van der Waals surface area contributed by atoms with Gasteiger partial charge in [-0.1, -0.05) is 6.92 Å². The maximum atomic E-state index is 11.5. The smallest absolute Gasteiger partial charge is 0.252 e. The molecule has 1 aliphatic rings. The number of nitrogens with zero attached hydrogens (tertiary/aromatic N) is 2. The SMILES string of the molecule is CCCN=C(N)NC1CC(=O)N(C)C1=O. The van der Waals surface area contributed by atoms with Crippen molar-refractivity contribution in [1.29, 1.82) is 0 Å². The normalized spacial score (nSPS) is 22.4. The molecule has 1 rings (SSSR count). The van der Waals surface area contributed by atoms with Crippen molar-refractivity contribution in [3.05, 3.63) is 0 Å². The third-order valence-corrected chi connectivity index (χ3v) is 2.21. The number of amides is 2. The minimum absolute atomic E-state index is 0.150. The zero-order valence-electron chi connectivity index (χ0n) is 8.99. The lowest BCUT2D eigenvalue weighted by Crippen LogP contribution is -2.44. The summed E-state index contributed by atoms with van der Waals surface area (Å²) in [6.45, 7) is 2.60. The van der Waals surface area contributed by atoms with Gasteiger partial charge < -0.3 is 11.1 Å². The zero-order valence-corrected chi connectivity index (χ0v) is 8.99. The second kappa shape index (κ2) is 4.77. The highest BCUT2D eigenvalue weighted by molar-refractivity contribution is 6.06. The number of hydrogen-bond donors (Lipinski definition) is 2. The van der Waals surface area contributed by atoms with Crippen molar-refractivity contribution >= 4 is 17.8 Å². The Morgan fingerprint density at radius 3 is 2.80 bits per heavy atom. The largest absolute Gasteiger partial charge is 0.370 e. The molecule has 0 aromatic heterocycles. The molecule has 1 unspecified atom stereocenters. The highest BCUT2D eigenvalue weighted by atomic mass is 16.2. The summed E-state index contributed by atoms with van der Waals surface area (Å²) in [5.74, 6) is -0.228. The van der Waals surface area contributed by atoms with E-state index >= 15 is 0 Å². The molecule has 1 aliphatic heterocycles. The molecule has 0 bridgehead atoms. The molecule has 1 heterocycles. The van der Waals surface area contributed by atoms with Gasteiger partial charge >= 0.3 is 0 Å². The fourth-order valence-electron chi connectivity index (χ4n) is 1.32. The van der Waals surface area contributed by atoms with Crippen LogP contribution in [0, 0.1) is 0 Å². The number of aliphatic imine (C=N–C) groups is 1. The number of hydrogen-bond acceptors (Lipinski definition) is 3. The monoisotopic (exact) mass is 212 g/mol. The van der Waals surface area contributed by atoms with E-state index in [1.807, 2.05) is 6.92 Å². The molecule has 0 aromatic rings. The first-order chi connectivity index (χ1) is 7.06. The van der Waals surface area contributed by atoms with Crippen molar-refractivity contribution in [3.8, 4) is 0 Å². The van der Waals surface area contributed by atoms with E-state index in [9.17, 15) is 9.59 Å². The topological polar surface area (TPSA) is 87.8 Å². The highest BCUT2D eigenvalue weighted by Crippen LogP contribution is 2.09. The average molecular weight is 212 g/mol. The molecule has 6 heteroatoms. The number of likely N-dealkylation sites (N-methyl/N-ethyl adjacent to an activating group) is 1. The summed E-state index contributed by atoms with van der Waals surface area (Å²) in [7, 11) is 1.46. The Morgan fingerprint density at radius 2 is 2.33 bits per heavy atom. The number of nitrogens with one attached hydrogen (secondary N) is 1. The van der Waals surface area contributed by atoms with E-state index < -0.39 is 6.04 Å². The summed E-state index contributed by atoms with van der Waals surface area (Å²) < 4.78 is 0. The number of guanidine groups is 1. The van der Waals surface area contributed by atoms with E-state index in [1.54, 1.807) is 0 Å². The summed E-state index contributed by atoms with van der Waals surface area (Å²) in [5, 5.41) is 2.74. The zero-order chi connectivity index (χ0) is 11.4. The summed E-state index contributed by atoms with van der Waals surface area (Å²) in [4.78, 5) is 27.7. The predicted molar refractivity (Wildman–Crippen MR) is 56.1 cm³/mol. The van der Waals surface area contributed by atoms with Gasteiger partial charge in [-0.05, 0) is 6.42 Å². The molecule has 1 saturated heterocycles. The van der Waals surface area contributed by atoms with Gasteiger partial charge in [-0.25, -0.2) is 0 Å². The Hall–Kier alpha value is -1.59. The van der Waals surface area contributed by atoms with Crippen LogP contribution in [-0.2, 0) is 9.59 Å². The van der Waals surface area contributed by atoms with Crippen LogP contribution in [0.15, 0.2) is 4.99 Å². The molecule has 1 atom stereocenters. The molecule has 2 amide bonds. The number of likely N-dealkylation sites (tertiary alicyclic amines) is 1. The molecule has 6 nitrogen and oxygen atoms in total. The molecule has 15 heavy (non-hydrogen) atoms. The lowest BCUT2D eigenvalue weighted by Gasteiger charge is -2.11. The third-order valence-electron chi connectivity index (χ3n) is 2.21. The fraction of sp³-hybridized carbons (Fsp3) is 0.667. The van der Waals surface area contributed by atoms with Gasteiger partial charge in [0, 0.05) is 13.6 Å². The Kier molecular flexibility index (Phi) is 3.65. The number of rotatable bonds is 3. The van der Waals surface area contributed by atoms with E-state index in [1.165, 1.54) is 7.05 Å². The molecule has 0 spiro atoms. The number of nitrogens with two attached hydrogens (primary N) is 1. The van der Waals surface area contributed by atoms with E-state index in [2.05, 4.69) is 10.3 Å². The van der Waals surface area contributed by atoms with Crippen LogP contribution in [0.25, 0.3) is 0 Å². The van der Waals surface area contributed by atoms with E-state index in [-0.39, 0.29) is 24.2 Å². The fourth-order valence-corrected chi connectivity index (χ4v) is 1.32. The lowest BCUT2D eigenvalue weighted by atomic mass is 10.2. The van der Waals surface area contributed by atoms with Gasteiger partial charge in [0.25, 0.3) is 5.91 Å². The molecule has 0 aromatic carbocycles. The van der Waals surface area contributed by atoms with Crippen LogP contribution in [0.2, 0.25) is 0 Å². The van der Waals surface area contributed by atoms with Crippen molar-refractivity contribution in [2.45, 2.75) is 25.8 Å². The molecule has 0 radical (unpaired) electrons. The van der Waals surface area contributed by atoms with Crippen LogP contribution in [0.4, 0.5) is 0 Å². The molecular formula is C9H16N4O2. The van der Waals surface area contributed by atoms with Crippen LogP contribution >= 0.6 is 0 Å². The summed E-state index contributed by atoms with van der Waals surface area (Å²) >= 11 is 0. The maximum Gasteiger partial charge on any atom is 0.252 e. The van der Waals surface area contributed by atoms with Gasteiger partial charge in [0.15, 0.2) is 5.96 Å². The van der Waals surface area contributed by atoms with Crippen LogP contribution < -0.4 is 11.1 Å². The van der Waals surface area contributed by atoms with Gasteiger partial charge in [-0.15, -0.1) is 0 Å². The number of imide groups is 1. The highest BCUT2D eigenvalue weighted by Gasteiger charge is 2.36. The average Bonchev–Trinajstić information content (AvgIpc) is 2.43. The van der Waals surface area contributed by atoms with Gasteiger partial charge in [-0.2, -0.15) is 0 Å². The molecule has 0 aliphatic carbocycles. The van der Waals surface area contributed by atoms with Gasteiger partial charge in [0.05, 0.1) is 6.42 Å². The minimum Gasteiger partial charge on any atom is -0.370 e. The Balaban J connectivity index is 2.53. The van der Waals surface area contributed by atoms with Crippen LogP contribution in [0.3, 0.4) is 0 Å². The van der Waals surface area contributed by atoms with Crippen molar-refractivity contribution in [2.24, 2.45) is 10.7 Å². The Labute approximate surface area is 88.5 Å². The van der Waals surface area contributed by atoms with Crippen molar-refractivity contribution < 1.29 is 9.59 Å². The summed E-state index contributed by atoms with van der Waals surface area (Å²) in [6, 6.07) is -0.553. The molecular weight excluding hydrogens is 196 g/mol. The van der Waals surface area contributed by atoms with E-state index in [0.717, 1.165) is 11.3 Å². The first-order valence-electron chi connectivity index (χ1n) is 4.93. The van der Waals surface area contributed by atoms with Crippen LogP contribution in [0.1, 0.15) is 19.8 Å². The quantitative estimate of drug-likeness (QED) is 0.359. The maximum absolute atomic E-state index is 11.5. The van der Waals surface area contributed by atoms with Crippen LogP contribution in [0.5, 0.6) is 0 Å². The van der Waals surface area contributed by atoms with Crippen molar-refractivity contribution in [1.82, 2.24) is 10.2 Å². The summed E-state index contributed by atoms with van der Waals surface area (Å²) in [6.07, 6.45) is 1.04. The predicted octanol–water partition coefficient (Wildman–Crippen LogP) is -0.942. The van der Waals surface area contributed by atoms with Crippen molar-refractivity contribution in [2.75, 3.05) is 13.6 Å². The van der Waals surface area contributed by atoms with E-state index in [0.29, 0.717) is 6.54 Å². The third kappa shape index (κ3) is 2.68. The standard InChI is InChI=1S/C9H16N4O2/c1-3-4-11-9(10)12-6-5-7(14)13(2)8(6)15/h6H,3-5H2,1-2H3,(H3,10,11,12). The van der Waals surface area contributed by atoms with Gasteiger partial charge in [0.2, 0.25) is 5.91 Å².